The molecule has 1 N–H and O–H groups in total. The van der Waals surface area contributed by atoms with Crippen molar-refractivity contribution in [3.63, 3.8) is 0 Å². The molecule has 2 aliphatic heterocycles. The zero-order valence-corrected chi connectivity index (χ0v) is 20.0. The highest BCUT2D eigenvalue weighted by molar-refractivity contribution is 8.04. The van der Waals surface area contributed by atoms with Gasteiger partial charge in [-0.25, -0.2) is 4.98 Å². The minimum Gasteiger partial charge on any atom is -0.496 e. The third-order valence-electron chi connectivity index (χ3n) is 5.48. The van der Waals surface area contributed by atoms with E-state index in [4.69, 9.17) is 21.1 Å². The fraction of sp³-hybridized carbons (Fsp3) is 0.348. The second-order valence-corrected chi connectivity index (χ2v) is 9.05. The first-order valence-electron chi connectivity index (χ1n) is 10.6. The van der Waals surface area contributed by atoms with Crippen LogP contribution in [0, 0.1) is 0 Å². The highest BCUT2D eigenvalue weighted by Gasteiger charge is 2.27. The van der Waals surface area contributed by atoms with Gasteiger partial charge >= 0.3 is 0 Å². The quantitative estimate of drug-likeness (QED) is 0.687. The van der Waals surface area contributed by atoms with Gasteiger partial charge in [0.05, 0.1) is 30.0 Å². The summed E-state index contributed by atoms with van der Waals surface area (Å²) >= 11 is 7.89. The number of rotatable bonds is 5. The molecule has 174 valence electrons. The number of hydrogen-bond donors (Lipinski definition) is 1. The van der Waals surface area contributed by atoms with E-state index < -0.39 is 0 Å². The molecule has 8 nitrogen and oxygen atoms in total. The van der Waals surface area contributed by atoms with Crippen LogP contribution in [0.4, 0.5) is 11.5 Å². The zero-order valence-electron chi connectivity index (χ0n) is 18.5. The Bertz CT molecular complexity index is 1070. The van der Waals surface area contributed by atoms with E-state index in [2.05, 4.69) is 15.2 Å². The van der Waals surface area contributed by atoms with Crippen molar-refractivity contribution < 1.29 is 19.1 Å². The summed E-state index contributed by atoms with van der Waals surface area (Å²) in [6.07, 6.45) is 1.76. The Kier molecular flexibility index (Phi) is 7.29. The third-order valence-corrected chi connectivity index (χ3v) is 6.93. The number of carbonyl (C=O) groups is 2. The Balaban J connectivity index is 1.47. The van der Waals surface area contributed by atoms with Crippen molar-refractivity contribution in [2.75, 3.05) is 55.9 Å². The number of anilines is 2. The maximum Gasteiger partial charge on any atom is 0.265 e. The molecule has 1 aromatic heterocycles. The van der Waals surface area contributed by atoms with Gasteiger partial charge < -0.3 is 24.6 Å². The standard InChI is InChI=1S/C23H25ClN4O4S/c1-15-21(33-12-11-32-15)22(29)26-18-14-19(31-2)16(13-17(18)24)23(30)28-9-7-27(8-10-28)20-5-3-4-6-25-20/h3-6,13-14H,7-12H2,1-2H3,(H,26,29). The van der Waals surface area contributed by atoms with Crippen LogP contribution in [0.5, 0.6) is 5.75 Å². The molecule has 0 unspecified atom stereocenters. The molecule has 0 spiro atoms. The number of halogens is 1. The summed E-state index contributed by atoms with van der Waals surface area (Å²) in [6, 6.07) is 8.93. The van der Waals surface area contributed by atoms with E-state index >= 15 is 0 Å². The van der Waals surface area contributed by atoms with Crippen LogP contribution in [0.15, 0.2) is 47.2 Å². The lowest BCUT2D eigenvalue weighted by Gasteiger charge is -2.35. The van der Waals surface area contributed by atoms with Crippen LogP contribution in [0.3, 0.4) is 0 Å². The Morgan fingerprint density at radius 3 is 2.67 bits per heavy atom. The number of piperazine rings is 1. The van der Waals surface area contributed by atoms with Crippen LogP contribution in [0.25, 0.3) is 0 Å². The molecule has 0 atom stereocenters. The van der Waals surface area contributed by atoms with E-state index in [1.54, 1.807) is 30.2 Å². The van der Waals surface area contributed by atoms with Crippen molar-refractivity contribution in [1.82, 2.24) is 9.88 Å². The number of amides is 2. The van der Waals surface area contributed by atoms with Gasteiger partial charge in [-0.2, -0.15) is 0 Å². The fourth-order valence-electron chi connectivity index (χ4n) is 3.75. The van der Waals surface area contributed by atoms with Crippen molar-refractivity contribution in [3.05, 3.63) is 57.8 Å². The first-order chi connectivity index (χ1) is 16.0. The van der Waals surface area contributed by atoms with Crippen molar-refractivity contribution in [2.24, 2.45) is 0 Å². The molecule has 2 amide bonds. The summed E-state index contributed by atoms with van der Waals surface area (Å²) in [5.74, 6) is 2.08. The van der Waals surface area contributed by atoms with Gasteiger partial charge in [0.25, 0.3) is 11.8 Å². The SMILES string of the molecule is COc1cc(NC(=O)C2=C(C)OCCS2)c(Cl)cc1C(=O)N1CCN(c2ccccn2)CC1. The van der Waals surface area contributed by atoms with Crippen LogP contribution < -0.4 is 15.0 Å². The number of allylic oxidation sites excluding steroid dienone is 1. The largest absolute Gasteiger partial charge is 0.496 e. The molecule has 0 bridgehead atoms. The highest BCUT2D eigenvalue weighted by atomic mass is 35.5. The molecule has 1 saturated heterocycles. The van der Waals surface area contributed by atoms with Gasteiger partial charge in [-0.15, -0.1) is 11.8 Å². The molecule has 1 fully saturated rings. The van der Waals surface area contributed by atoms with Crippen molar-refractivity contribution >= 4 is 46.7 Å². The van der Waals surface area contributed by atoms with Gasteiger partial charge in [-0.3, -0.25) is 9.59 Å². The molecule has 2 aromatic rings. The van der Waals surface area contributed by atoms with E-state index in [9.17, 15) is 9.59 Å². The lowest BCUT2D eigenvalue weighted by atomic mass is 10.1. The molecule has 0 aliphatic carbocycles. The molecule has 2 aliphatic rings. The van der Waals surface area contributed by atoms with Gasteiger partial charge in [0.15, 0.2) is 0 Å². The minimum absolute atomic E-state index is 0.165. The second kappa shape index (κ2) is 10.4. The molecule has 0 radical (unpaired) electrons. The molecule has 33 heavy (non-hydrogen) atoms. The van der Waals surface area contributed by atoms with Gasteiger partial charge in [-0.1, -0.05) is 17.7 Å². The van der Waals surface area contributed by atoms with Gasteiger partial charge in [0, 0.05) is 44.2 Å². The zero-order chi connectivity index (χ0) is 23.4. The number of ether oxygens (including phenoxy) is 2. The minimum atomic E-state index is -0.300. The predicted octanol–water partition coefficient (Wildman–Crippen LogP) is 3.64. The summed E-state index contributed by atoms with van der Waals surface area (Å²) < 4.78 is 10.9. The first-order valence-corrected chi connectivity index (χ1v) is 11.9. The Hall–Kier alpha value is -2.91. The number of pyridine rings is 1. The fourth-order valence-corrected chi connectivity index (χ4v) is 4.77. The van der Waals surface area contributed by atoms with Crippen LogP contribution >= 0.6 is 23.4 Å². The highest BCUT2D eigenvalue weighted by Crippen LogP contribution is 2.34. The molecular weight excluding hydrogens is 464 g/mol. The second-order valence-electron chi connectivity index (χ2n) is 7.54. The monoisotopic (exact) mass is 488 g/mol. The first kappa shape index (κ1) is 23.3. The number of nitrogens with zero attached hydrogens (tertiary/aromatic N) is 3. The maximum atomic E-state index is 13.2. The summed E-state index contributed by atoms with van der Waals surface area (Å²) in [5, 5.41) is 3.07. The Morgan fingerprint density at radius 2 is 2.00 bits per heavy atom. The summed E-state index contributed by atoms with van der Waals surface area (Å²) in [4.78, 5) is 34.7. The average molecular weight is 489 g/mol. The maximum absolute atomic E-state index is 13.2. The average Bonchev–Trinajstić information content (AvgIpc) is 2.85. The topological polar surface area (TPSA) is 84.0 Å². The van der Waals surface area contributed by atoms with Gasteiger partial charge in [-0.05, 0) is 25.1 Å². The van der Waals surface area contributed by atoms with E-state index in [0.717, 1.165) is 5.82 Å². The Morgan fingerprint density at radius 1 is 1.21 bits per heavy atom. The summed E-state index contributed by atoms with van der Waals surface area (Å²) in [6.45, 7) is 4.81. The van der Waals surface area contributed by atoms with Crippen molar-refractivity contribution in [3.8, 4) is 5.75 Å². The number of hydrogen-bond acceptors (Lipinski definition) is 7. The van der Waals surface area contributed by atoms with Gasteiger partial charge in [0.2, 0.25) is 0 Å². The normalized spacial score (nSPS) is 16.3. The van der Waals surface area contributed by atoms with Crippen LogP contribution in [-0.2, 0) is 9.53 Å². The van der Waals surface area contributed by atoms with E-state index in [1.165, 1.54) is 18.9 Å². The van der Waals surface area contributed by atoms with Gasteiger partial charge in [0.1, 0.15) is 22.2 Å². The molecule has 0 saturated carbocycles. The van der Waals surface area contributed by atoms with E-state index in [1.807, 2.05) is 18.2 Å². The smallest absolute Gasteiger partial charge is 0.265 e. The van der Waals surface area contributed by atoms with Crippen molar-refractivity contribution in [1.29, 1.82) is 0 Å². The summed E-state index contributed by atoms with van der Waals surface area (Å²) in [5.41, 5.74) is 0.735. The van der Waals surface area contributed by atoms with E-state index in [-0.39, 0.29) is 16.8 Å². The molecule has 10 heteroatoms. The third kappa shape index (κ3) is 5.20. The van der Waals surface area contributed by atoms with Crippen LogP contribution in [-0.4, -0.2) is 67.3 Å². The molecule has 1 aromatic carbocycles. The van der Waals surface area contributed by atoms with Crippen LogP contribution in [0.1, 0.15) is 17.3 Å². The number of benzene rings is 1. The predicted molar refractivity (Wildman–Crippen MR) is 130 cm³/mol. The van der Waals surface area contributed by atoms with Crippen molar-refractivity contribution in [2.45, 2.75) is 6.92 Å². The van der Waals surface area contributed by atoms with Crippen LogP contribution in [0.2, 0.25) is 5.02 Å². The summed E-state index contributed by atoms with van der Waals surface area (Å²) in [7, 11) is 1.49. The molecule has 4 rings (SSSR count). The number of thioether (sulfide) groups is 1. The number of carbonyl (C=O) groups excluding carboxylic acids is 2. The van der Waals surface area contributed by atoms with E-state index in [0.29, 0.717) is 66.2 Å². The number of methoxy groups -OCH3 is 1. The molecule has 3 heterocycles. The number of nitrogens with one attached hydrogen (secondary N) is 1. The lowest BCUT2D eigenvalue weighted by Crippen LogP contribution is -2.49. The molecular formula is C23H25ClN4O4S. The Labute approximate surface area is 201 Å². The lowest BCUT2D eigenvalue weighted by molar-refractivity contribution is -0.112. The number of aromatic nitrogens is 1.